The minimum absolute atomic E-state index is 0.0307. The molecule has 3 N–H and O–H groups in total. The van der Waals surface area contributed by atoms with Crippen LogP contribution >= 0.6 is 0 Å². The van der Waals surface area contributed by atoms with Crippen LogP contribution in [0.1, 0.15) is 31.7 Å². The van der Waals surface area contributed by atoms with Crippen LogP contribution in [0.5, 0.6) is 0 Å². The Hall–Kier alpha value is -3.42. The van der Waals surface area contributed by atoms with Gasteiger partial charge in [-0.05, 0) is 35.7 Å². The van der Waals surface area contributed by atoms with Gasteiger partial charge in [0.15, 0.2) is 17.4 Å². The van der Waals surface area contributed by atoms with Crippen molar-refractivity contribution < 1.29 is 4.79 Å². The lowest BCUT2D eigenvalue weighted by molar-refractivity contribution is -0.116. The van der Waals surface area contributed by atoms with Gasteiger partial charge in [-0.1, -0.05) is 32.0 Å². The summed E-state index contributed by atoms with van der Waals surface area (Å²) in [5, 5.41) is 17.8. The van der Waals surface area contributed by atoms with Crippen LogP contribution in [-0.2, 0) is 17.9 Å². The number of nitrogens with zero attached hydrogens (tertiary/aromatic N) is 4. The van der Waals surface area contributed by atoms with Gasteiger partial charge in [0.1, 0.15) is 0 Å². The molecule has 0 fully saturated rings. The van der Waals surface area contributed by atoms with Crippen molar-refractivity contribution in [2.45, 2.75) is 33.4 Å². The molecule has 0 atom stereocenters. The summed E-state index contributed by atoms with van der Waals surface area (Å²) < 4.78 is 1.93. The van der Waals surface area contributed by atoms with Crippen molar-refractivity contribution in [2.24, 2.45) is 10.9 Å². The summed E-state index contributed by atoms with van der Waals surface area (Å²) >= 11 is 0. The smallest absolute Gasteiger partial charge is 0.224 e. The van der Waals surface area contributed by atoms with Gasteiger partial charge in [0.05, 0.1) is 6.54 Å². The molecule has 0 aliphatic rings. The Bertz CT molecular complexity index is 993. The molecule has 1 aromatic carbocycles. The van der Waals surface area contributed by atoms with Crippen LogP contribution in [0.4, 0.5) is 5.69 Å². The van der Waals surface area contributed by atoms with E-state index in [1.54, 1.807) is 7.05 Å². The zero-order chi connectivity index (χ0) is 20.6. The predicted octanol–water partition coefficient (Wildman–Crippen LogP) is 2.58. The van der Waals surface area contributed by atoms with Gasteiger partial charge >= 0.3 is 0 Å². The number of carbonyl (C=O) groups is 1. The summed E-state index contributed by atoms with van der Waals surface area (Å²) in [6, 6.07) is 13.6. The van der Waals surface area contributed by atoms with E-state index in [-0.39, 0.29) is 5.91 Å². The summed E-state index contributed by atoms with van der Waals surface area (Å²) in [5.41, 5.74) is 2.65. The summed E-state index contributed by atoms with van der Waals surface area (Å²) in [4.78, 5) is 16.2. The lowest BCUT2D eigenvalue weighted by Gasteiger charge is -2.12. The second-order valence-electron chi connectivity index (χ2n) is 7.17. The molecule has 2 heterocycles. The topological polar surface area (TPSA) is 95.7 Å². The van der Waals surface area contributed by atoms with E-state index in [0.717, 1.165) is 22.7 Å². The maximum absolute atomic E-state index is 12.0. The van der Waals surface area contributed by atoms with Gasteiger partial charge in [0.2, 0.25) is 5.91 Å². The summed E-state index contributed by atoms with van der Waals surface area (Å²) in [5.74, 6) is 1.82. The largest absolute Gasteiger partial charge is 0.352 e. The minimum atomic E-state index is 0.0307. The number of anilines is 1. The Morgan fingerprint density at radius 3 is 2.72 bits per heavy atom. The average Bonchev–Trinajstić information content (AvgIpc) is 3.11. The first-order valence-electron chi connectivity index (χ1n) is 9.67. The molecule has 0 saturated heterocycles. The van der Waals surface area contributed by atoms with Crippen LogP contribution in [0.2, 0.25) is 0 Å². The molecule has 29 heavy (non-hydrogen) atoms. The van der Waals surface area contributed by atoms with Gasteiger partial charge in [-0.15, -0.1) is 10.2 Å². The highest BCUT2D eigenvalue weighted by atomic mass is 16.1. The van der Waals surface area contributed by atoms with Gasteiger partial charge in [-0.3, -0.25) is 14.2 Å². The number of guanidine groups is 1. The average molecular weight is 393 g/mol. The number of hydrogen-bond acceptors (Lipinski definition) is 4. The molecular formula is C21H27N7O. The molecule has 3 rings (SSSR count). The van der Waals surface area contributed by atoms with Crippen LogP contribution in [0.25, 0.3) is 5.65 Å². The Kier molecular flexibility index (Phi) is 6.78. The van der Waals surface area contributed by atoms with E-state index >= 15 is 0 Å². The summed E-state index contributed by atoms with van der Waals surface area (Å²) in [6.45, 7) is 5.13. The zero-order valence-electron chi connectivity index (χ0n) is 17.0. The highest BCUT2D eigenvalue weighted by molar-refractivity contribution is 5.90. The van der Waals surface area contributed by atoms with Crippen LogP contribution in [0.3, 0.4) is 0 Å². The molecule has 0 saturated carbocycles. The molecule has 0 unspecified atom stereocenters. The molecule has 1 amide bonds. The number of nitrogens with one attached hydrogen (secondary N) is 3. The molecule has 0 aliphatic heterocycles. The number of pyridine rings is 1. The van der Waals surface area contributed by atoms with E-state index in [1.165, 1.54) is 0 Å². The van der Waals surface area contributed by atoms with Gasteiger partial charge in [0.25, 0.3) is 0 Å². The lowest BCUT2D eigenvalue weighted by atomic mass is 10.1. The number of aromatic nitrogens is 3. The Morgan fingerprint density at radius 2 is 1.93 bits per heavy atom. The first kappa shape index (κ1) is 20.3. The van der Waals surface area contributed by atoms with Gasteiger partial charge in [-0.2, -0.15) is 0 Å². The van der Waals surface area contributed by atoms with E-state index < -0.39 is 0 Å². The molecule has 2 aromatic heterocycles. The first-order valence-corrected chi connectivity index (χ1v) is 9.67. The highest BCUT2D eigenvalue weighted by Gasteiger charge is 2.07. The van der Waals surface area contributed by atoms with Crippen molar-refractivity contribution in [3.8, 4) is 0 Å². The third kappa shape index (κ3) is 5.78. The standard InChI is InChI=1S/C21H27N7O/c1-15(2)11-20(29)25-17-8-6-7-16(12-17)13-23-21(22-3)24-14-19-27-26-18-9-4-5-10-28(18)19/h4-10,12,15H,11,13-14H2,1-3H3,(H,25,29)(H2,22,23,24). The maximum Gasteiger partial charge on any atom is 0.224 e. The SMILES string of the molecule is CN=C(NCc1cccc(NC(=O)CC(C)C)c1)NCc1nnc2ccccn12. The number of carbonyl (C=O) groups excluding carboxylic acids is 1. The van der Waals surface area contributed by atoms with Crippen LogP contribution < -0.4 is 16.0 Å². The van der Waals surface area contributed by atoms with Crippen molar-refractivity contribution in [1.29, 1.82) is 0 Å². The van der Waals surface area contributed by atoms with Crippen molar-refractivity contribution in [1.82, 2.24) is 25.2 Å². The lowest BCUT2D eigenvalue weighted by Crippen LogP contribution is -2.36. The normalized spacial score (nSPS) is 11.7. The second kappa shape index (κ2) is 9.68. The third-order valence-electron chi connectivity index (χ3n) is 4.29. The van der Waals surface area contributed by atoms with E-state index in [4.69, 9.17) is 0 Å². The molecule has 8 nitrogen and oxygen atoms in total. The molecule has 0 bridgehead atoms. The number of benzene rings is 1. The molecule has 8 heteroatoms. The molecular weight excluding hydrogens is 366 g/mol. The summed E-state index contributed by atoms with van der Waals surface area (Å²) in [6.07, 6.45) is 2.44. The number of rotatable bonds is 7. The predicted molar refractivity (Wildman–Crippen MR) is 115 cm³/mol. The van der Waals surface area contributed by atoms with Gasteiger partial charge < -0.3 is 16.0 Å². The van der Waals surface area contributed by atoms with Crippen molar-refractivity contribution in [3.63, 3.8) is 0 Å². The second-order valence-corrected chi connectivity index (χ2v) is 7.17. The number of hydrogen-bond donors (Lipinski definition) is 3. The summed E-state index contributed by atoms with van der Waals surface area (Å²) in [7, 11) is 1.72. The van der Waals surface area contributed by atoms with E-state index in [2.05, 4.69) is 31.1 Å². The number of aliphatic imine (C=N–C) groups is 1. The Morgan fingerprint density at radius 1 is 1.10 bits per heavy atom. The molecule has 3 aromatic rings. The van der Waals surface area contributed by atoms with Gasteiger partial charge in [0, 0.05) is 31.9 Å². The fourth-order valence-electron chi connectivity index (χ4n) is 2.92. The fourth-order valence-corrected chi connectivity index (χ4v) is 2.92. The quantitative estimate of drug-likeness (QED) is 0.424. The molecule has 0 radical (unpaired) electrons. The maximum atomic E-state index is 12.0. The molecule has 0 aliphatic carbocycles. The van der Waals surface area contributed by atoms with E-state index in [9.17, 15) is 4.79 Å². The Labute approximate surface area is 170 Å². The van der Waals surface area contributed by atoms with Crippen LogP contribution in [0.15, 0.2) is 53.7 Å². The van der Waals surface area contributed by atoms with Gasteiger partial charge in [-0.25, -0.2) is 0 Å². The monoisotopic (exact) mass is 393 g/mol. The number of amides is 1. The fraction of sp³-hybridized carbons (Fsp3) is 0.333. The van der Waals surface area contributed by atoms with E-state index in [0.29, 0.717) is 31.4 Å². The van der Waals surface area contributed by atoms with Crippen LogP contribution in [-0.4, -0.2) is 33.5 Å². The van der Waals surface area contributed by atoms with Crippen molar-refractivity contribution in [3.05, 3.63) is 60.0 Å². The van der Waals surface area contributed by atoms with E-state index in [1.807, 2.05) is 66.9 Å². The van der Waals surface area contributed by atoms with Crippen molar-refractivity contribution >= 4 is 23.2 Å². The zero-order valence-corrected chi connectivity index (χ0v) is 17.0. The first-order chi connectivity index (χ1) is 14.0. The molecule has 152 valence electrons. The van der Waals surface area contributed by atoms with Crippen LogP contribution in [0, 0.1) is 5.92 Å². The third-order valence-corrected chi connectivity index (χ3v) is 4.29. The molecule has 0 spiro atoms. The number of fused-ring (bicyclic) bond motifs is 1. The minimum Gasteiger partial charge on any atom is -0.352 e. The van der Waals surface area contributed by atoms with Crippen molar-refractivity contribution in [2.75, 3.05) is 12.4 Å². The highest BCUT2D eigenvalue weighted by Crippen LogP contribution is 2.12. The Balaban J connectivity index is 1.54.